The van der Waals surface area contributed by atoms with E-state index in [0.717, 1.165) is 0 Å². The molecule has 7 heteroatoms. The van der Waals surface area contributed by atoms with E-state index in [1.54, 1.807) is 48.5 Å². The highest BCUT2D eigenvalue weighted by Crippen LogP contribution is 2.25. The van der Waals surface area contributed by atoms with E-state index in [0.29, 0.717) is 22.2 Å². The van der Waals surface area contributed by atoms with Gasteiger partial charge in [-0.3, -0.25) is 9.59 Å². The fraction of sp³-hybridized carbons (Fsp3) is 0.176. The monoisotopic (exact) mass is 348 g/mol. The van der Waals surface area contributed by atoms with E-state index in [-0.39, 0.29) is 19.1 Å². The molecular weight excluding hydrogens is 332 g/mol. The molecule has 2 aromatic rings. The molecule has 24 heavy (non-hydrogen) atoms. The van der Waals surface area contributed by atoms with Gasteiger partial charge in [-0.1, -0.05) is 23.7 Å². The molecule has 2 N–H and O–H groups in total. The second-order valence-corrected chi connectivity index (χ2v) is 5.21. The van der Waals surface area contributed by atoms with Crippen LogP contribution >= 0.6 is 11.6 Å². The van der Waals surface area contributed by atoms with Gasteiger partial charge in [-0.15, -0.1) is 0 Å². The predicted molar refractivity (Wildman–Crippen MR) is 91.6 cm³/mol. The van der Waals surface area contributed by atoms with Crippen LogP contribution in [0.15, 0.2) is 48.5 Å². The number of amides is 2. The first-order valence-corrected chi connectivity index (χ1v) is 7.54. The van der Waals surface area contributed by atoms with Crippen molar-refractivity contribution in [3.63, 3.8) is 0 Å². The number of benzene rings is 2. The summed E-state index contributed by atoms with van der Waals surface area (Å²) in [5.74, 6) is 0.238. The molecule has 2 amide bonds. The van der Waals surface area contributed by atoms with E-state index in [2.05, 4.69) is 10.6 Å². The van der Waals surface area contributed by atoms with E-state index in [1.807, 2.05) is 0 Å². The van der Waals surface area contributed by atoms with Crippen molar-refractivity contribution in [2.75, 3.05) is 25.6 Å². The number of methoxy groups -OCH3 is 1. The lowest BCUT2D eigenvalue weighted by atomic mass is 10.3. The number of carbonyl (C=O) groups is 2. The SMILES string of the molecule is COc1ccccc1OCC(=O)NCC(=O)Nc1ccc(Cl)cc1. The largest absolute Gasteiger partial charge is 0.493 e. The van der Waals surface area contributed by atoms with Crippen LogP contribution in [0.2, 0.25) is 5.02 Å². The Balaban J connectivity index is 1.74. The van der Waals surface area contributed by atoms with Gasteiger partial charge in [0.1, 0.15) is 0 Å². The Morgan fingerprint density at radius 2 is 1.67 bits per heavy atom. The maximum Gasteiger partial charge on any atom is 0.258 e. The predicted octanol–water partition coefficient (Wildman–Crippen LogP) is 2.48. The first-order valence-electron chi connectivity index (χ1n) is 7.16. The van der Waals surface area contributed by atoms with Gasteiger partial charge in [0.15, 0.2) is 18.1 Å². The number of hydrogen-bond acceptors (Lipinski definition) is 4. The van der Waals surface area contributed by atoms with Crippen LogP contribution in [-0.2, 0) is 9.59 Å². The van der Waals surface area contributed by atoms with Crippen LogP contribution in [-0.4, -0.2) is 32.1 Å². The van der Waals surface area contributed by atoms with E-state index < -0.39 is 5.91 Å². The molecule has 0 aliphatic heterocycles. The third-order valence-corrected chi connectivity index (χ3v) is 3.25. The second-order valence-electron chi connectivity index (χ2n) is 4.77. The summed E-state index contributed by atoms with van der Waals surface area (Å²) in [5, 5.41) is 5.70. The zero-order chi connectivity index (χ0) is 17.4. The third kappa shape index (κ3) is 5.48. The van der Waals surface area contributed by atoms with Crippen molar-refractivity contribution < 1.29 is 19.1 Å². The molecule has 0 spiro atoms. The van der Waals surface area contributed by atoms with Crippen molar-refractivity contribution in [3.05, 3.63) is 53.6 Å². The molecule has 0 saturated carbocycles. The minimum absolute atomic E-state index is 0.156. The van der Waals surface area contributed by atoms with Crippen molar-refractivity contribution in [1.82, 2.24) is 5.32 Å². The summed E-state index contributed by atoms with van der Waals surface area (Å²) in [4.78, 5) is 23.5. The molecule has 0 atom stereocenters. The number of rotatable bonds is 7. The van der Waals surface area contributed by atoms with Gasteiger partial charge in [-0.05, 0) is 36.4 Å². The molecule has 0 saturated heterocycles. The fourth-order valence-electron chi connectivity index (χ4n) is 1.85. The molecule has 0 radical (unpaired) electrons. The average Bonchev–Trinajstić information content (AvgIpc) is 2.60. The van der Waals surface area contributed by atoms with Crippen LogP contribution < -0.4 is 20.1 Å². The molecular formula is C17H17ClN2O4. The second kappa shape index (κ2) is 8.79. The molecule has 0 aromatic heterocycles. The molecule has 2 rings (SSSR count). The number of carbonyl (C=O) groups excluding carboxylic acids is 2. The average molecular weight is 349 g/mol. The standard InChI is InChI=1S/C17H17ClN2O4/c1-23-14-4-2-3-5-15(14)24-11-17(22)19-10-16(21)20-13-8-6-12(18)7-9-13/h2-9H,10-11H2,1H3,(H,19,22)(H,20,21). The maximum absolute atomic E-state index is 11.8. The molecule has 2 aromatic carbocycles. The summed E-state index contributed by atoms with van der Waals surface area (Å²) in [6, 6.07) is 13.7. The van der Waals surface area contributed by atoms with Gasteiger partial charge in [0.05, 0.1) is 13.7 Å². The molecule has 0 heterocycles. The highest BCUT2D eigenvalue weighted by atomic mass is 35.5. The van der Waals surface area contributed by atoms with Gasteiger partial charge in [0.2, 0.25) is 5.91 Å². The molecule has 0 aliphatic carbocycles. The van der Waals surface area contributed by atoms with Gasteiger partial charge in [0, 0.05) is 10.7 Å². The number of hydrogen-bond donors (Lipinski definition) is 2. The molecule has 0 fully saturated rings. The minimum Gasteiger partial charge on any atom is -0.493 e. The van der Waals surface area contributed by atoms with Gasteiger partial charge < -0.3 is 20.1 Å². The maximum atomic E-state index is 11.8. The zero-order valence-corrected chi connectivity index (χ0v) is 13.8. The molecule has 0 unspecified atom stereocenters. The first-order chi connectivity index (χ1) is 11.6. The van der Waals surface area contributed by atoms with Crippen LogP contribution in [0.5, 0.6) is 11.5 Å². The zero-order valence-electron chi connectivity index (χ0n) is 13.0. The summed E-state index contributed by atoms with van der Waals surface area (Å²) < 4.78 is 10.5. The van der Waals surface area contributed by atoms with Crippen LogP contribution in [0.4, 0.5) is 5.69 Å². The number of nitrogens with one attached hydrogen (secondary N) is 2. The normalized spacial score (nSPS) is 9.92. The van der Waals surface area contributed by atoms with Crippen molar-refractivity contribution in [2.24, 2.45) is 0 Å². The highest BCUT2D eigenvalue weighted by molar-refractivity contribution is 6.30. The van der Waals surface area contributed by atoms with Crippen LogP contribution in [0, 0.1) is 0 Å². The lowest BCUT2D eigenvalue weighted by Crippen LogP contribution is -2.35. The van der Waals surface area contributed by atoms with Crippen LogP contribution in [0.1, 0.15) is 0 Å². The number of para-hydroxylation sites is 2. The lowest BCUT2D eigenvalue weighted by Gasteiger charge is -2.10. The lowest BCUT2D eigenvalue weighted by molar-refractivity contribution is -0.125. The van der Waals surface area contributed by atoms with E-state index >= 15 is 0 Å². The van der Waals surface area contributed by atoms with Gasteiger partial charge in [0.25, 0.3) is 5.91 Å². The minimum atomic E-state index is -0.410. The Bertz CT molecular complexity index is 704. The van der Waals surface area contributed by atoms with Crippen molar-refractivity contribution in [2.45, 2.75) is 0 Å². The fourth-order valence-corrected chi connectivity index (χ4v) is 1.98. The Hall–Kier alpha value is -2.73. The Kier molecular flexibility index (Phi) is 6.45. The number of ether oxygens (including phenoxy) is 2. The molecule has 126 valence electrons. The molecule has 0 bridgehead atoms. The smallest absolute Gasteiger partial charge is 0.258 e. The van der Waals surface area contributed by atoms with E-state index in [9.17, 15) is 9.59 Å². The van der Waals surface area contributed by atoms with Crippen LogP contribution in [0.25, 0.3) is 0 Å². The van der Waals surface area contributed by atoms with E-state index in [1.165, 1.54) is 7.11 Å². The molecule has 6 nitrogen and oxygen atoms in total. The van der Waals surface area contributed by atoms with Crippen molar-refractivity contribution in [1.29, 1.82) is 0 Å². The summed E-state index contributed by atoms with van der Waals surface area (Å²) >= 11 is 5.77. The van der Waals surface area contributed by atoms with Gasteiger partial charge in [-0.25, -0.2) is 0 Å². The van der Waals surface area contributed by atoms with Crippen molar-refractivity contribution >= 4 is 29.1 Å². The Morgan fingerprint density at radius 1 is 1.00 bits per heavy atom. The first kappa shape index (κ1) is 17.6. The number of anilines is 1. The topological polar surface area (TPSA) is 76.7 Å². The van der Waals surface area contributed by atoms with E-state index in [4.69, 9.17) is 21.1 Å². The summed E-state index contributed by atoms with van der Waals surface area (Å²) in [7, 11) is 1.52. The van der Waals surface area contributed by atoms with Crippen LogP contribution in [0.3, 0.4) is 0 Å². The summed E-state index contributed by atoms with van der Waals surface area (Å²) in [6.07, 6.45) is 0. The number of halogens is 1. The summed E-state index contributed by atoms with van der Waals surface area (Å²) in [6.45, 7) is -0.370. The van der Waals surface area contributed by atoms with Gasteiger partial charge >= 0.3 is 0 Å². The summed E-state index contributed by atoms with van der Waals surface area (Å²) in [5.41, 5.74) is 0.601. The van der Waals surface area contributed by atoms with Crippen molar-refractivity contribution in [3.8, 4) is 11.5 Å². The molecule has 0 aliphatic rings. The third-order valence-electron chi connectivity index (χ3n) is 3.00. The van der Waals surface area contributed by atoms with Gasteiger partial charge in [-0.2, -0.15) is 0 Å². The Morgan fingerprint density at radius 3 is 2.33 bits per heavy atom. The highest BCUT2D eigenvalue weighted by Gasteiger charge is 2.09. The Labute approximate surface area is 144 Å². The quantitative estimate of drug-likeness (QED) is 0.806.